The molecule has 0 saturated heterocycles. The SMILES string of the molecule is Cc1cc(Cl)c2nc(-c3cccc4ccccc34)[nH]c2c1. The second-order valence-electron chi connectivity index (χ2n) is 5.26. The van der Waals surface area contributed by atoms with E-state index in [1.165, 1.54) is 10.8 Å². The van der Waals surface area contributed by atoms with Gasteiger partial charge in [-0.15, -0.1) is 0 Å². The number of fused-ring (bicyclic) bond motifs is 2. The van der Waals surface area contributed by atoms with Gasteiger partial charge in [-0.1, -0.05) is 54.1 Å². The van der Waals surface area contributed by atoms with Crippen molar-refractivity contribution < 1.29 is 0 Å². The molecule has 3 heteroatoms. The van der Waals surface area contributed by atoms with E-state index in [2.05, 4.69) is 46.4 Å². The number of nitrogens with zero attached hydrogens (tertiary/aromatic N) is 1. The molecular weight excluding hydrogens is 280 g/mol. The fourth-order valence-corrected chi connectivity index (χ4v) is 3.09. The van der Waals surface area contributed by atoms with Crippen molar-refractivity contribution in [2.24, 2.45) is 0 Å². The first-order chi connectivity index (χ1) is 10.2. The number of benzene rings is 3. The highest BCUT2D eigenvalue weighted by Crippen LogP contribution is 2.30. The van der Waals surface area contributed by atoms with Crippen LogP contribution in [0.1, 0.15) is 5.56 Å². The lowest BCUT2D eigenvalue weighted by Crippen LogP contribution is -1.82. The lowest BCUT2D eigenvalue weighted by atomic mass is 10.0. The summed E-state index contributed by atoms with van der Waals surface area (Å²) < 4.78 is 0. The van der Waals surface area contributed by atoms with Crippen molar-refractivity contribution in [3.63, 3.8) is 0 Å². The molecule has 2 nitrogen and oxygen atoms in total. The van der Waals surface area contributed by atoms with Crippen LogP contribution >= 0.6 is 11.6 Å². The number of aryl methyl sites for hydroxylation is 1. The van der Waals surface area contributed by atoms with Crippen LogP contribution in [-0.4, -0.2) is 9.97 Å². The molecule has 0 bridgehead atoms. The van der Waals surface area contributed by atoms with Gasteiger partial charge in [0.1, 0.15) is 11.3 Å². The van der Waals surface area contributed by atoms with Crippen LogP contribution in [0.25, 0.3) is 33.2 Å². The van der Waals surface area contributed by atoms with Gasteiger partial charge in [-0.3, -0.25) is 0 Å². The smallest absolute Gasteiger partial charge is 0.139 e. The molecule has 1 N–H and O–H groups in total. The first-order valence-electron chi connectivity index (χ1n) is 6.86. The Balaban J connectivity index is 2.03. The van der Waals surface area contributed by atoms with Crippen LogP contribution in [0.5, 0.6) is 0 Å². The van der Waals surface area contributed by atoms with E-state index >= 15 is 0 Å². The van der Waals surface area contributed by atoms with Crippen molar-refractivity contribution >= 4 is 33.4 Å². The summed E-state index contributed by atoms with van der Waals surface area (Å²) in [5, 5.41) is 3.08. The van der Waals surface area contributed by atoms with Crippen molar-refractivity contribution in [2.75, 3.05) is 0 Å². The molecule has 0 radical (unpaired) electrons. The lowest BCUT2D eigenvalue weighted by Gasteiger charge is -2.03. The first-order valence-corrected chi connectivity index (χ1v) is 7.24. The zero-order chi connectivity index (χ0) is 14.4. The molecule has 0 unspecified atom stereocenters. The molecule has 0 atom stereocenters. The molecule has 0 spiro atoms. The van der Waals surface area contributed by atoms with Crippen molar-refractivity contribution in [1.29, 1.82) is 0 Å². The number of imidazole rings is 1. The van der Waals surface area contributed by atoms with Gasteiger partial charge < -0.3 is 4.98 Å². The summed E-state index contributed by atoms with van der Waals surface area (Å²) in [6.45, 7) is 2.03. The third-order valence-electron chi connectivity index (χ3n) is 3.73. The maximum atomic E-state index is 6.30. The first kappa shape index (κ1) is 12.4. The van der Waals surface area contributed by atoms with E-state index in [9.17, 15) is 0 Å². The number of hydrogen-bond donors (Lipinski definition) is 1. The third kappa shape index (κ3) is 1.99. The molecule has 4 rings (SSSR count). The maximum absolute atomic E-state index is 6.30. The second-order valence-corrected chi connectivity index (χ2v) is 5.66. The Labute approximate surface area is 127 Å². The number of aromatic amines is 1. The monoisotopic (exact) mass is 292 g/mol. The quantitative estimate of drug-likeness (QED) is 0.503. The van der Waals surface area contributed by atoms with E-state index in [0.717, 1.165) is 28.0 Å². The summed E-state index contributed by atoms with van der Waals surface area (Å²) in [5.74, 6) is 0.856. The average Bonchev–Trinajstić information content (AvgIpc) is 2.90. The highest BCUT2D eigenvalue weighted by atomic mass is 35.5. The van der Waals surface area contributed by atoms with Crippen LogP contribution in [0.3, 0.4) is 0 Å². The molecule has 1 heterocycles. The number of halogens is 1. The van der Waals surface area contributed by atoms with Gasteiger partial charge >= 0.3 is 0 Å². The summed E-state index contributed by atoms with van der Waals surface area (Å²) in [6, 6.07) is 18.6. The zero-order valence-corrected chi connectivity index (χ0v) is 12.3. The molecule has 0 aliphatic carbocycles. The Hall–Kier alpha value is -2.32. The number of nitrogens with one attached hydrogen (secondary N) is 1. The minimum atomic E-state index is 0.688. The molecule has 4 aromatic rings. The lowest BCUT2D eigenvalue weighted by molar-refractivity contribution is 1.35. The minimum Gasteiger partial charge on any atom is -0.338 e. The second kappa shape index (κ2) is 4.61. The molecule has 21 heavy (non-hydrogen) atoms. The summed E-state index contributed by atoms with van der Waals surface area (Å²) in [7, 11) is 0. The number of rotatable bonds is 1. The molecule has 0 saturated carbocycles. The van der Waals surface area contributed by atoms with Gasteiger partial charge in [0.05, 0.1) is 10.5 Å². The Bertz CT molecular complexity index is 964. The topological polar surface area (TPSA) is 28.7 Å². The van der Waals surface area contributed by atoms with Gasteiger partial charge in [-0.05, 0) is 35.4 Å². The molecule has 1 aromatic heterocycles. The van der Waals surface area contributed by atoms with E-state index in [4.69, 9.17) is 11.6 Å². The predicted molar refractivity (Wildman–Crippen MR) is 88.8 cm³/mol. The van der Waals surface area contributed by atoms with Gasteiger partial charge in [0.25, 0.3) is 0 Å². The molecule has 3 aromatic carbocycles. The van der Waals surface area contributed by atoms with Crippen molar-refractivity contribution in [3.8, 4) is 11.4 Å². The van der Waals surface area contributed by atoms with Gasteiger partial charge in [0.15, 0.2) is 0 Å². The highest BCUT2D eigenvalue weighted by Gasteiger charge is 2.11. The highest BCUT2D eigenvalue weighted by molar-refractivity contribution is 6.35. The Morgan fingerprint density at radius 1 is 1.00 bits per heavy atom. The maximum Gasteiger partial charge on any atom is 0.139 e. The van der Waals surface area contributed by atoms with Crippen LogP contribution < -0.4 is 0 Å². The standard InChI is InChI=1S/C18H13ClN2/c1-11-9-15(19)17-16(10-11)20-18(21-17)14-8-4-6-12-5-2-3-7-13(12)14/h2-10H,1H3,(H,20,21). The summed E-state index contributed by atoms with van der Waals surface area (Å²) in [6.07, 6.45) is 0. The zero-order valence-electron chi connectivity index (χ0n) is 11.5. The van der Waals surface area contributed by atoms with Gasteiger partial charge in [-0.2, -0.15) is 0 Å². The van der Waals surface area contributed by atoms with Gasteiger partial charge in [-0.25, -0.2) is 4.98 Å². The summed E-state index contributed by atoms with van der Waals surface area (Å²) in [5.41, 5.74) is 4.02. The van der Waals surface area contributed by atoms with E-state index in [1.54, 1.807) is 0 Å². The number of H-pyrrole nitrogens is 1. The molecule has 0 fully saturated rings. The molecule has 0 aliphatic rings. The van der Waals surface area contributed by atoms with Crippen molar-refractivity contribution in [1.82, 2.24) is 9.97 Å². The average molecular weight is 293 g/mol. The van der Waals surface area contributed by atoms with E-state index < -0.39 is 0 Å². The van der Waals surface area contributed by atoms with Crippen LogP contribution in [0.15, 0.2) is 54.6 Å². The van der Waals surface area contributed by atoms with Gasteiger partial charge in [0.2, 0.25) is 0 Å². The summed E-state index contributed by atoms with van der Waals surface area (Å²) >= 11 is 6.30. The third-order valence-corrected chi connectivity index (χ3v) is 4.02. The molecule has 0 aliphatic heterocycles. The largest absolute Gasteiger partial charge is 0.338 e. The van der Waals surface area contributed by atoms with Crippen molar-refractivity contribution in [3.05, 3.63) is 65.2 Å². The fraction of sp³-hybridized carbons (Fsp3) is 0.0556. The molecule has 0 amide bonds. The van der Waals surface area contributed by atoms with Gasteiger partial charge in [0, 0.05) is 5.56 Å². The minimum absolute atomic E-state index is 0.688. The molecule has 102 valence electrons. The number of hydrogen-bond acceptors (Lipinski definition) is 1. The van der Waals surface area contributed by atoms with E-state index in [1.807, 2.05) is 25.1 Å². The predicted octanol–water partition coefficient (Wildman–Crippen LogP) is 5.34. The Morgan fingerprint density at radius 2 is 1.81 bits per heavy atom. The number of aromatic nitrogens is 2. The van der Waals surface area contributed by atoms with Crippen molar-refractivity contribution in [2.45, 2.75) is 6.92 Å². The Kier molecular flexibility index (Phi) is 2.72. The van der Waals surface area contributed by atoms with Crippen LogP contribution in [-0.2, 0) is 0 Å². The van der Waals surface area contributed by atoms with Crippen LogP contribution in [0, 0.1) is 6.92 Å². The van der Waals surface area contributed by atoms with E-state index in [0.29, 0.717) is 5.02 Å². The molecular formula is C18H13ClN2. The normalized spacial score (nSPS) is 11.3. The van der Waals surface area contributed by atoms with Crippen LogP contribution in [0.4, 0.5) is 0 Å². The summed E-state index contributed by atoms with van der Waals surface area (Å²) in [4.78, 5) is 8.08. The fourth-order valence-electron chi connectivity index (χ4n) is 2.77. The Morgan fingerprint density at radius 3 is 2.71 bits per heavy atom. The van der Waals surface area contributed by atoms with Crippen LogP contribution in [0.2, 0.25) is 5.02 Å². The van der Waals surface area contributed by atoms with E-state index in [-0.39, 0.29) is 0 Å².